The Morgan fingerprint density at radius 1 is 1.50 bits per heavy atom. The van der Waals surface area contributed by atoms with Crippen molar-refractivity contribution < 1.29 is 9.53 Å². The van der Waals surface area contributed by atoms with Crippen molar-refractivity contribution in [3.63, 3.8) is 0 Å². The van der Waals surface area contributed by atoms with Crippen LogP contribution in [0.2, 0.25) is 0 Å². The predicted octanol–water partition coefficient (Wildman–Crippen LogP) is 2.15. The summed E-state index contributed by atoms with van der Waals surface area (Å²) in [5, 5.41) is 0. The van der Waals surface area contributed by atoms with Gasteiger partial charge in [0.15, 0.2) is 0 Å². The Labute approximate surface area is 84.3 Å². The SMILES string of the molecule is CCC1(C)OC(=O)C2C3C=CC(C3)C21. The van der Waals surface area contributed by atoms with Gasteiger partial charge in [-0.15, -0.1) is 0 Å². The van der Waals surface area contributed by atoms with Gasteiger partial charge in [0.1, 0.15) is 5.60 Å². The number of ether oxygens (including phenoxy) is 1. The summed E-state index contributed by atoms with van der Waals surface area (Å²) in [4.78, 5) is 11.8. The van der Waals surface area contributed by atoms with E-state index in [1.165, 1.54) is 6.42 Å². The molecule has 0 spiro atoms. The average Bonchev–Trinajstić information content (AvgIpc) is 2.80. The van der Waals surface area contributed by atoms with Crippen LogP contribution in [0.5, 0.6) is 0 Å². The fourth-order valence-electron chi connectivity index (χ4n) is 3.65. The van der Waals surface area contributed by atoms with E-state index in [9.17, 15) is 4.79 Å². The minimum atomic E-state index is -0.189. The highest BCUT2D eigenvalue weighted by molar-refractivity contribution is 5.78. The molecule has 2 nitrogen and oxygen atoms in total. The van der Waals surface area contributed by atoms with E-state index in [1.54, 1.807) is 0 Å². The van der Waals surface area contributed by atoms with Gasteiger partial charge >= 0.3 is 5.97 Å². The van der Waals surface area contributed by atoms with E-state index in [4.69, 9.17) is 4.74 Å². The molecular weight excluding hydrogens is 176 g/mol. The van der Waals surface area contributed by atoms with Crippen LogP contribution in [0, 0.1) is 23.7 Å². The van der Waals surface area contributed by atoms with Gasteiger partial charge < -0.3 is 4.74 Å². The number of cyclic esters (lactones) is 1. The number of fused-ring (bicyclic) bond motifs is 5. The lowest BCUT2D eigenvalue weighted by molar-refractivity contribution is -0.151. The molecule has 1 heterocycles. The van der Waals surface area contributed by atoms with Crippen LogP contribution in [0.3, 0.4) is 0 Å². The minimum Gasteiger partial charge on any atom is -0.459 e. The van der Waals surface area contributed by atoms with Crippen molar-refractivity contribution in [1.82, 2.24) is 0 Å². The van der Waals surface area contributed by atoms with Gasteiger partial charge in [-0.25, -0.2) is 0 Å². The Kier molecular flexibility index (Phi) is 1.47. The summed E-state index contributed by atoms with van der Waals surface area (Å²) < 4.78 is 5.57. The standard InChI is InChI=1S/C12H16O2/c1-3-12(2)10-8-5-4-7(6-8)9(10)11(13)14-12/h4-5,7-10H,3,6H2,1-2H3. The van der Waals surface area contributed by atoms with Gasteiger partial charge in [0.05, 0.1) is 5.92 Å². The maximum atomic E-state index is 11.8. The van der Waals surface area contributed by atoms with Crippen LogP contribution in [0.25, 0.3) is 0 Å². The maximum Gasteiger partial charge on any atom is 0.310 e. The first-order valence-corrected chi connectivity index (χ1v) is 5.57. The lowest BCUT2D eigenvalue weighted by atomic mass is 9.74. The Morgan fingerprint density at radius 2 is 2.21 bits per heavy atom. The summed E-state index contributed by atoms with van der Waals surface area (Å²) in [5.41, 5.74) is -0.189. The van der Waals surface area contributed by atoms with E-state index < -0.39 is 0 Å². The topological polar surface area (TPSA) is 26.3 Å². The predicted molar refractivity (Wildman–Crippen MR) is 52.5 cm³/mol. The zero-order valence-corrected chi connectivity index (χ0v) is 8.69. The van der Waals surface area contributed by atoms with E-state index in [-0.39, 0.29) is 17.5 Å². The van der Waals surface area contributed by atoms with Gasteiger partial charge in [-0.05, 0) is 31.6 Å². The fraction of sp³-hybridized carbons (Fsp3) is 0.750. The molecule has 0 radical (unpaired) electrons. The number of hydrogen-bond acceptors (Lipinski definition) is 2. The molecule has 5 unspecified atom stereocenters. The third kappa shape index (κ3) is 0.800. The molecule has 2 bridgehead atoms. The third-order valence-corrected chi connectivity index (χ3v) is 4.47. The number of carbonyl (C=O) groups is 1. The normalized spacial score (nSPS) is 53.7. The van der Waals surface area contributed by atoms with Crippen molar-refractivity contribution >= 4 is 5.97 Å². The molecule has 2 fully saturated rings. The van der Waals surface area contributed by atoms with Crippen LogP contribution < -0.4 is 0 Å². The smallest absolute Gasteiger partial charge is 0.310 e. The molecule has 2 heteroatoms. The number of esters is 1. The summed E-state index contributed by atoms with van der Waals surface area (Å²) in [6.07, 6.45) is 6.63. The molecule has 1 saturated carbocycles. The molecule has 0 aromatic heterocycles. The molecule has 0 aromatic rings. The second-order valence-electron chi connectivity index (χ2n) is 5.09. The summed E-state index contributed by atoms with van der Waals surface area (Å²) in [6.45, 7) is 4.22. The molecule has 2 aliphatic carbocycles. The fourth-order valence-corrected chi connectivity index (χ4v) is 3.65. The number of carbonyl (C=O) groups excluding carboxylic acids is 1. The van der Waals surface area contributed by atoms with Crippen LogP contribution in [-0.2, 0) is 9.53 Å². The first-order valence-electron chi connectivity index (χ1n) is 5.57. The highest BCUT2D eigenvalue weighted by Crippen LogP contribution is 2.58. The highest BCUT2D eigenvalue weighted by atomic mass is 16.6. The van der Waals surface area contributed by atoms with Crippen molar-refractivity contribution in [3.8, 4) is 0 Å². The summed E-state index contributed by atoms with van der Waals surface area (Å²) in [5.74, 6) is 1.76. The van der Waals surface area contributed by atoms with Crippen LogP contribution in [0.15, 0.2) is 12.2 Å². The second kappa shape index (κ2) is 2.41. The van der Waals surface area contributed by atoms with Gasteiger partial charge in [0.25, 0.3) is 0 Å². The van der Waals surface area contributed by atoms with Crippen LogP contribution in [-0.4, -0.2) is 11.6 Å². The van der Waals surface area contributed by atoms with Crippen molar-refractivity contribution in [2.24, 2.45) is 23.7 Å². The number of allylic oxidation sites excluding steroid dienone is 2. The first kappa shape index (κ1) is 8.51. The minimum absolute atomic E-state index is 0.0520. The zero-order valence-electron chi connectivity index (χ0n) is 8.69. The molecule has 3 rings (SSSR count). The zero-order chi connectivity index (χ0) is 9.92. The summed E-state index contributed by atoms with van der Waals surface area (Å²) in [6, 6.07) is 0. The largest absolute Gasteiger partial charge is 0.459 e. The summed E-state index contributed by atoms with van der Waals surface area (Å²) >= 11 is 0. The Hall–Kier alpha value is -0.790. The number of hydrogen-bond donors (Lipinski definition) is 0. The molecule has 76 valence electrons. The third-order valence-electron chi connectivity index (χ3n) is 4.47. The van der Waals surface area contributed by atoms with Crippen molar-refractivity contribution in [1.29, 1.82) is 0 Å². The van der Waals surface area contributed by atoms with Crippen LogP contribution in [0.4, 0.5) is 0 Å². The van der Waals surface area contributed by atoms with Crippen molar-refractivity contribution in [2.75, 3.05) is 0 Å². The van der Waals surface area contributed by atoms with E-state index in [0.717, 1.165) is 6.42 Å². The lowest BCUT2D eigenvalue weighted by Crippen LogP contribution is -2.35. The lowest BCUT2D eigenvalue weighted by Gasteiger charge is -2.31. The van der Waals surface area contributed by atoms with Gasteiger partial charge in [0, 0.05) is 5.92 Å². The molecule has 1 saturated heterocycles. The molecule has 1 aliphatic heterocycles. The number of rotatable bonds is 1. The Bertz CT molecular complexity index is 320. The molecular formula is C12H16O2. The Balaban J connectivity index is 2.03. The van der Waals surface area contributed by atoms with E-state index >= 15 is 0 Å². The van der Waals surface area contributed by atoms with Gasteiger partial charge in [0.2, 0.25) is 0 Å². The summed E-state index contributed by atoms with van der Waals surface area (Å²) in [7, 11) is 0. The van der Waals surface area contributed by atoms with Crippen molar-refractivity contribution in [3.05, 3.63) is 12.2 Å². The molecule has 0 amide bonds. The molecule has 3 aliphatic rings. The van der Waals surface area contributed by atoms with Gasteiger partial charge in [-0.3, -0.25) is 4.79 Å². The van der Waals surface area contributed by atoms with E-state index in [1.807, 2.05) is 0 Å². The van der Waals surface area contributed by atoms with Gasteiger partial charge in [-0.1, -0.05) is 19.1 Å². The van der Waals surface area contributed by atoms with E-state index in [0.29, 0.717) is 17.8 Å². The van der Waals surface area contributed by atoms with Crippen LogP contribution in [0.1, 0.15) is 26.7 Å². The molecule has 0 aromatic carbocycles. The quantitative estimate of drug-likeness (QED) is 0.470. The Morgan fingerprint density at radius 3 is 2.93 bits per heavy atom. The monoisotopic (exact) mass is 192 g/mol. The molecule has 5 atom stereocenters. The molecule has 14 heavy (non-hydrogen) atoms. The second-order valence-corrected chi connectivity index (χ2v) is 5.09. The van der Waals surface area contributed by atoms with Crippen molar-refractivity contribution in [2.45, 2.75) is 32.3 Å². The van der Waals surface area contributed by atoms with Crippen LogP contribution >= 0.6 is 0 Å². The maximum absolute atomic E-state index is 11.8. The first-order chi connectivity index (χ1) is 6.65. The highest BCUT2D eigenvalue weighted by Gasteiger charge is 2.61. The van der Waals surface area contributed by atoms with E-state index in [2.05, 4.69) is 26.0 Å². The van der Waals surface area contributed by atoms with Gasteiger partial charge in [-0.2, -0.15) is 0 Å². The average molecular weight is 192 g/mol. The molecule has 0 N–H and O–H groups in total.